The topological polar surface area (TPSA) is 36.4 Å². The van der Waals surface area contributed by atoms with Crippen molar-refractivity contribution >= 4 is 17.2 Å². The van der Waals surface area contributed by atoms with Crippen molar-refractivity contribution in [3.63, 3.8) is 0 Å². The zero-order valence-electron chi connectivity index (χ0n) is 16.1. The molecule has 0 aliphatic carbocycles. The maximum absolute atomic E-state index is 13.9. The van der Waals surface area contributed by atoms with Gasteiger partial charge in [0.25, 0.3) is 5.91 Å². The highest BCUT2D eigenvalue weighted by Crippen LogP contribution is 2.29. The lowest BCUT2D eigenvalue weighted by molar-refractivity contribution is 0.0631. The Kier molecular flexibility index (Phi) is 5.69. The van der Waals surface area contributed by atoms with Crippen LogP contribution in [0.2, 0.25) is 0 Å². The average Bonchev–Trinajstić information content (AvgIpc) is 3.12. The van der Waals surface area contributed by atoms with Crippen molar-refractivity contribution in [2.75, 3.05) is 26.2 Å². The number of hydrogen-bond donors (Lipinski definition) is 0. The number of thiazole rings is 1. The van der Waals surface area contributed by atoms with E-state index in [-0.39, 0.29) is 17.5 Å². The Morgan fingerprint density at radius 2 is 1.72 bits per heavy atom. The van der Waals surface area contributed by atoms with Gasteiger partial charge in [-0.3, -0.25) is 9.69 Å². The van der Waals surface area contributed by atoms with Crippen LogP contribution in [0.5, 0.6) is 0 Å². The Balaban J connectivity index is 1.41. The second-order valence-corrected chi connectivity index (χ2v) is 8.10. The van der Waals surface area contributed by atoms with Crippen LogP contribution in [0.25, 0.3) is 10.6 Å². The molecule has 1 aliphatic rings. The Bertz CT molecular complexity index is 1010. The lowest BCUT2D eigenvalue weighted by Crippen LogP contribution is -2.48. The molecule has 0 bridgehead atoms. The SMILES string of the molecule is Cc1nc(-c2ccc(F)cc2)sc1C(=O)N1CCN(Cc2ccccc2F)CC1. The second kappa shape index (κ2) is 8.39. The van der Waals surface area contributed by atoms with E-state index in [0.29, 0.717) is 53.9 Å². The number of hydrogen-bond acceptors (Lipinski definition) is 4. The van der Waals surface area contributed by atoms with E-state index in [0.717, 1.165) is 5.56 Å². The Morgan fingerprint density at radius 3 is 2.41 bits per heavy atom. The third-order valence-electron chi connectivity index (χ3n) is 5.09. The first-order valence-corrected chi connectivity index (χ1v) is 10.3. The molecule has 29 heavy (non-hydrogen) atoms. The maximum Gasteiger partial charge on any atom is 0.265 e. The molecule has 1 saturated heterocycles. The van der Waals surface area contributed by atoms with E-state index < -0.39 is 0 Å². The Hall–Kier alpha value is -2.64. The zero-order chi connectivity index (χ0) is 20.4. The van der Waals surface area contributed by atoms with Crippen molar-refractivity contribution in [3.05, 3.63) is 76.3 Å². The van der Waals surface area contributed by atoms with Crippen molar-refractivity contribution < 1.29 is 13.6 Å². The van der Waals surface area contributed by atoms with Gasteiger partial charge in [0.05, 0.1) is 5.69 Å². The minimum Gasteiger partial charge on any atom is -0.335 e. The summed E-state index contributed by atoms with van der Waals surface area (Å²) < 4.78 is 27.0. The van der Waals surface area contributed by atoms with Crippen LogP contribution in [-0.4, -0.2) is 46.9 Å². The minimum atomic E-state index is -0.299. The number of nitrogens with zero attached hydrogens (tertiary/aromatic N) is 3. The number of rotatable bonds is 4. The smallest absolute Gasteiger partial charge is 0.265 e. The van der Waals surface area contributed by atoms with Crippen LogP contribution in [0.1, 0.15) is 20.9 Å². The number of aryl methyl sites for hydroxylation is 1. The fraction of sp³-hybridized carbons (Fsp3) is 0.273. The first-order valence-electron chi connectivity index (χ1n) is 9.49. The summed E-state index contributed by atoms with van der Waals surface area (Å²) in [7, 11) is 0. The van der Waals surface area contributed by atoms with Crippen LogP contribution >= 0.6 is 11.3 Å². The largest absolute Gasteiger partial charge is 0.335 e. The number of carbonyl (C=O) groups is 1. The summed E-state index contributed by atoms with van der Waals surface area (Å²) >= 11 is 1.34. The predicted molar refractivity (Wildman–Crippen MR) is 110 cm³/mol. The van der Waals surface area contributed by atoms with Gasteiger partial charge in [0, 0.05) is 43.9 Å². The molecule has 0 N–H and O–H groups in total. The molecular formula is C22H21F2N3OS. The van der Waals surface area contributed by atoms with Gasteiger partial charge >= 0.3 is 0 Å². The molecule has 150 valence electrons. The van der Waals surface area contributed by atoms with Crippen LogP contribution in [0.3, 0.4) is 0 Å². The summed E-state index contributed by atoms with van der Waals surface area (Å²) in [5.74, 6) is -0.523. The molecule has 3 aromatic rings. The van der Waals surface area contributed by atoms with E-state index >= 15 is 0 Å². The fourth-order valence-electron chi connectivity index (χ4n) is 3.43. The van der Waals surface area contributed by atoms with E-state index in [1.807, 2.05) is 17.9 Å². The molecule has 4 rings (SSSR count). The van der Waals surface area contributed by atoms with E-state index in [4.69, 9.17) is 0 Å². The van der Waals surface area contributed by atoms with E-state index in [2.05, 4.69) is 9.88 Å². The molecule has 2 heterocycles. The molecule has 0 unspecified atom stereocenters. The van der Waals surface area contributed by atoms with Crippen LogP contribution < -0.4 is 0 Å². The lowest BCUT2D eigenvalue weighted by atomic mass is 10.2. The molecule has 7 heteroatoms. The van der Waals surface area contributed by atoms with Crippen molar-refractivity contribution in [1.29, 1.82) is 0 Å². The maximum atomic E-state index is 13.9. The highest BCUT2D eigenvalue weighted by atomic mass is 32.1. The summed E-state index contributed by atoms with van der Waals surface area (Å²) in [5, 5.41) is 0.712. The number of aromatic nitrogens is 1. The Morgan fingerprint density at radius 1 is 1.03 bits per heavy atom. The van der Waals surface area contributed by atoms with E-state index in [1.165, 1.54) is 29.5 Å². The van der Waals surface area contributed by atoms with E-state index in [9.17, 15) is 13.6 Å². The standard InChI is InChI=1S/C22H21F2N3OS/c1-15-20(29-21(25-15)16-6-8-18(23)9-7-16)22(28)27-12-10-26(11-13-27)14-17-4-2-3-5-19(17)24/h2-9H,10-14H2,1H3. The number of benzene rings is 2. The van der Waals surface area contributed by atoms with Gasteiger partial charge in [-0.15, -0.1) is 11.3 Å². The molecule has 1 aromatic heterocycles. The summed E-state index contributed by atoms with van der Waals surface area (Å²) in [6.45, 7) is 4.95. The average molecular weight is 413 g/mol. The molecular weight excluding hydrogens is 392 g/mol. The zero-order valence-corrected chi connectivity index (χ0v) is 16.9. The lowest BCUT2D eigenvalue weighted by Gasteiger charge is -2.34. The van der Waals surface area contributed by atoms with Crippen molar-refractivity contribution in [2.24, 2.45) is 0 Å². The van der Waals surface area contributed by atoms with Crippen LogP contribution in [0, 0.1) is 18.6 Å². The van der Waals surface area contributed by atoms with E-state index in [1.54, 1.807) is 24.3 Å². The van der Waals surface area contributed by atoms with Crippen molar-refractivity contribution in [3.8, 4) is 10.6 Å². The quantitative estimate of drug-likeness (QED) is 0.638. The third kappa shape index (κ3) is 4.36. The fourth-order valence-corrected chi connectivity index (χ4v) is 4.47. The van der Waals surface area contributed by atoms with Gasteiger partial charge in [0.2, 0.25) is 0 Å². The normalized spacial score (nSPS) is 14.9. The highest BCUT2D eigenvalue weighted by molar-refractivity contribution is 7.17. The molecule has 1 aliphatic heterocycles. The van der Waals surface area contributed by atoms with Crippen LogP contribution in [0.15, 0.2) is 48.5 Å². The van der Waals surface area contributed by atoms with Crippen molar-refractivity contribution in [1.82, 2.24) is 14.8 Å². The number of halogens is 2. The van der Waals surface area contributed by atoms with Gasteiger partial charge in [-0.2, -0.15) is 0 Å². The molecule has 1 fully saturated rings. The van der Waals surface area contributed by atoms with Gasteiger partial charge in [-0.05, 0) is 37.3 Å². The van der Waals surface area contributed by atoms with Gasteiger partial charge in [0.1, 0.15) is 21.5 Å². The first-order chi connectivity index (χ1) is 14.0. The predicted octanol–water partition coefficient (Wildman–Crippen LogP) is 4.35. The van der Waals surface area contributed by atoms with Gasteiger partial charge in [-0.1, -0.05) is 18.2 Å². The first kappa shape index (κ1) is 19.7. The molecule has 0 atom stereocenters. The second-order valence-electron chi connectivity index (χ2n) is 7.10. The van der Waals surface area contributed by atoms with Crippen molar-refractivity contribution in [2.45, 2.75) is 13.5 Å². The Labute approximate surface area is 172 Å². The minimum absolute atomic E-state index is 0.0288. The van der Waals surface area contributed by atoms with Gasteiger partial charge < -0.3 is 4.90 Å². The van der Waals surface area contributed by atoms with Crippen LogP contribution in [0.4, 0.5) is 8.78 Å². The molecule has 4 nitrogen and oxygen atoms in total. The molecule has 0 saturated carbocycles. The third-order valence-corrected chi connectivity index (χ3v) is 6.29. The number of amides is 1. The summed E-state index contributed by atoms with van der Waals surface area (Å²) in [6, 6.07) is 12.9. The highest BCUT2D eigenvalue weighted by Gasteiger charge is 2.26. The summed E-state index contributed by atoms with van der Waals surface area (Å²) in [5.41, 5.74) is 2.16. The molecule has 0 radical (unpaired) electrons. The molecule has 0 spiro atoms. The number of carbonyl (C=O) groups excluding carboxylic acids is 1. The summed E-state index contributed by atoms with van der Waals surface area (Å²) in [4.78, 5) is 22.1. The van der Waals surface area contributed by atoms with Gasteiger partial charge in [-0.25, -0.2) is 13.8 Å². The number of piperazine rings is 1. The summed E-state index contributed by atoms with van der Waals surface area (Å²) in [6.07, 6.45) is 0. The molecule has 2 aromatic carbocycles. The molecule has 1 amide bonds. The van der Waals surface area contributed by atoms with Crippen LogP contribution in [-0.2, 0) is 6.54 Å². The monoisotopic (exact) mass is 413 g/mol. The van der Waals surface area contributed by atoms with Gasteiger partial charge in [0.15, 0.2) is 0 Å².